The maximum absolute atomic E-state index is 13.2. The van der Waals surface area contributed by atoms with E-state index in [-0.39, 0.29) is 18.7 Å². The fourth-order valence-corrected chi connectivity index (χ4v) is 1.94. The Bertz CT molecular complexity index is 406. The molecule has 1 atom stereocenters. The zero-order valence-corrected chi connectivity index (χ0v) is 8.80. The number of halogens is 4. The van der Waals surface area contributed by atoms with Gasteiger partial charge in [0.1, 0.15) is 5.75 Å². The zero-order valence-electron chi connectivity index (χ0n) is 8.80. The van der Waals surface area contributed by atoms with Crippen molar-refractivity contribution in [2.45, 2.75) is 24.4 Å². The number of nitrogens with two attached hydrogens (primary N) is 1. The van der Waals surface area contributed by atoms with Crippen LogP contribution in [-0.4, -0.2) is 19.1 Å². The number of hydrogen-bond acceptors (Lipinski definition) is 2. The summed E-state index contributed by atoms with van der Waals surface area (Å²) in [6.07, 6.45) is -0.300. The highest BCUT2D eigenvalue weighted by Crippen LogP contribution is 2.60. The minimum absolute atomic E-state index is 0.0557. The summed E-state index contributed by atoms with van der Waals surface area (Å²) in [6, 6.07) is 5.19. The molecule has 0 amide bonds. The average molecular weight is 249 g/mol. The molecule has 0 aliphatic heterocycles. The van der Waals surface area contributed by atoms with Crippen LogP contribution in [0.15, 0.2) is 24.3 Å². The number of benzene rings is 1. The third-order valence-corrected chi connectivity index (χ3v) is 3.08. The Labute approximate surface area is 95.4 Å². The molecule has 0 saturated heterocycles. The van der Waals surface area contributed by atoms with Crippen LogP contribution in [0.1, 0.15) is 12.0 Å². The van der Waals surface area contributed by atoms with Gasteiger partial charge in [-0.15, -0.1) is 0 Å². The van der Waals surface area contributed by atoms with Crippen molar-refractivity contribution in [2.24, 2.45) is 5.73 Å². The average Bonchev–Trinajstić information content (AvgIpc) is 2.82. The van der Waals surface area contributed by atoms with E-state index in [2.05, 4.69) is 4.74 Å². The monoisotopic (exact) mass is 249 g/mol. The van der Waals surface area contributed by atoms with Crippen LogP contribution in [0.25, 0.3) is 0 Å². The second kappa shape index (κ2) is 3.87. The van der Waals surface area contributed by atoms with E-state index in [0.717, 1.165) is 0 Å². The van der Waals surface area contributed by atoms with Crippen LogP contribution in [0.3, 0.4) is 0 Å². The molecule has 17 heavy (non-hydrogen) atoms. The summed E-state index contributed by atoms with van der Waals surface area (Å²) in [4.78, 5) is 0. The van der Waals surface area contributed by atoms with E-state index in [9.17, 15) is 17.6 Å². The first-order valence-corrected chi connectivity index (χ1v) is 5.04. The normalized spacial score (nSPS) is 26.0. The SMILES string of the molecule is NCC1(c2ccc(OC(F)F)cc2)CC1(F)F. The first-order chi connectivity index (χ1) is 7.91. The van der Waals surface area contributed by atoms with Crippen LogP contribution >= 0.6 is 0 Å². The number of rotatable bonds is 4. The van der Waals surface area contributed by atoms with Crippen molar-refractivity contribution in [1.29, 1.82) is 0 Å². The molecule has 2 N–H and O–H groups in total. The summed E-state index contributed by atoms with van der Waals surface area (Å²) < 4.78 is 54.4. The predicted octanol–water partition coefficient (Wildman–Crippen LogP) is 2.52. The maximum Gasteiger partial charge on any atom is 0.387 e. The van der Waals surface area contributed by atoms with E-state index in [1.807, 2.05) is 0 Å². The van der Waals surface area contributed by atoms with Gasteiger partial charge in [-0.05, 0) is 17.7 Å². The van der Waals surface area contributed by atoms with E-state index < -0.39 is 17.9 Å². The minimum Gasteiger partial charge on any atom is -0.435 e. The van der Waals surface area contributed by atoms with Crippen LogP contribution in [0.5, 0.6) is 5.75 Å². The molecule has 1 fully saturated rings. The van der Waals surface area contributed by atoms with Crippen LogP contribution in [0.2, 0.25) is 0 Å². The first kappa shape index (κ1) is 12.2. The number of ether oxygens (including phenoxy) is 1. The van der Waals surface area contributed by atoms with Gasteiger partial charge in [0.15, 0.2) is 0 Å². The molecule has 94 valence electrons. The summed E-state index contributed by atoms with van der Waals surface area (Å²) in [5.74, 6) is -2.87. The molecule has 1 aliphatic rings. The van der Waals surface area contributed by atoms with E-state index in [1.54, 1.807) is 0 Å². The summed E-state index contributed by atoms with van der Waals surface area (Å²) in [5, 5.41) is 0. The van der Waals surface area contributed by atoms with E-state index in [4.69, 9.17) is 5.73 Å². The van der Waals surface area contributed by atoms with Crippen molar-refractivity contribution in [3.05, 3.63) is 29.8 Å². The number of alkyl halides is 4. The Morgan fingerprint density at radius 2 is 1.76 bits per heavy atom. The molecule has 1 aromatic carbocycles. The summed E-state index contributed by atoms with van der Waals surface area (Å²) in [7, 11) is 0. The molecule has 1 aromatic rings. The predicted molar refractivity (Wildman–Crippen MR) is 53.4 cm³/mol. The van der Waals surface area contributed by atoms with Crippen LogP contribution < -0.4 is 10.5 Å². The van der Waals surface area contributed by atoms with Gasteiger partial charge in [-0.2, -0.15) is 8.78 Å². The van der Waals surface area contributed by atoms with Crippen LogP contribution in [-0.2, 0) is 5.41 Å². The van der Waals surface area contributed by atoms with Crippen LogP contribution in [0.4, 0.5) is 17.6 Å². The van der Waals surface area contributed by atoms with Crippen LogP contribution in [0, 0.1) is 0 Å². The highest BCUT2D eigenvalue weighted by molar-refractivity contribution is 5.41. The van der Waals surface area contributed by atoms with Gasteiger partial charge in [0, 0.05) is 13.0 Å². The summed E-state index contributed by atoms with van der Waals surface area (Å²) in [6.45, 7) is -3.10. The molecule has 0 bridgehead atoms. The lowest BCUT2D eigenvalue weighted by molar-refractivity contribution is -0.0498. The maximum atomic E-state index is 13.2. The smallest absolute Gasteiger partial charge is 0.387 e. The third kappa shape index (κ3) is 1.97. The molecular weight excluding hydrogens is 238 g/mol. The van der Waals surface area contributed by atoms with E-state index >= 15 is 0 Å². The van der Waals surface area contributed by atoms with Crippen molar-refractivity contribution in [3.8, 4) is 5.75 Å². The van der Waals surface area contributed by atoms with Gasteiger partial charge in [0.05, 0.1) is 5.41 Å². The Morgan fingerprint density at radius 1 is 1.24 bits per heavy atom. The lowest BCUT2D eigenvalue weighted by Crippen LogP contribution is -2.26. The zero-order chi connectivity index (χ0) is 12.7. The molecule has 1 aliphatic carbocycles. The standard InChI is InChI=1S/C11H11F4NO/c12-9(13)17-8-3-1-7(2-4-8)10(6-16)5-11(10,14)15/h1-4,9H,5-6,16H2. The summed E-state index contributed by atoms with van der Waals surface area (Å²) in [5.41, 5.74) is 4.38. The van der Waals surface area contributed by atoms with Crippen molar-refractivity contribution < 1.29 is 22.3 Å². The largest absolute Gasteiger partial charge is 0.435 e. The Morgan fingerprint density at radius 3 is 2.12 bits per heavy atom. The van der Waals surface area contributed by atoms with Gasteiger partial charge in [-0.3, -0.25) is 0 Å². The molecule has 0 heterocycles. The van der Waals surface area contributed by atoms with Gasteiger partial charge < -0.3 is 10.5 Å². The fourth-order valence-electron chi connectivity index (χ4n) is 1.94. The van der Waals surface area contributed by atoms with Gasteiger partial charge >= 0.3 is 6.61 Å². The van der Waals surface area contributed by atoms with Gasteiger partial charge in [0.25, 0.3) is 5.92 Å². The second-order valence-corrected chi connectivity index (χ2v) is 4.07. The Kier molecular flexibility index (Phi) is 2.77. The van der Waals surface area contributed by atoms with Crippen molar-refractivity contribution in [1.82, 2.24) is 0 Å². The van der Waals surface area contributed by atoms with Gasteiger partial charge in [-0.25, -0.2) is 8.78 Å². The van der Waals surface area contributed by atoms with E-state index in [1.165, 1.54) is 24.3 Å². The Hall–Kier alpha value is -1.30. The molecule has 2 rings (SSSR count). The molecule has 0 spiro atoms. The topological polar surface area (TPSA) is 35.2 Å². The Balaban J connectivity index is 2.19. The lowest BCUT2D eigenvalue weighted by atomic mass is 9.95. The molecule has 1 unspecified atom stereocenters. The molecular formula is C11H11F4NO. The molecule has 0 radical (unpaired) electrons. The van der Waals surface area contributed by atoms with Gasteiger partial charge in [-0.1, -0.05) is 12.1 Å². The highest BCUT2D eigenvalue weighted by Gasteiger charge is 2.70. The van der Waals surface area contributed by atoms with E-state index in [0.29, 0.717) is 5.56 Å². The van der Waals surface area contributed by atoms with Crippen molar-refractivity contribution >= 4 is 0 Å². The number of hydrogen-bond donors (Lipinski definition) is 1. The second-order valence-electron chi connectivity index (χ2n) is 4.07. The highest BCUT2D eigenvalue weighted by atomic mass is 19.3. The van der Waals surface area contributed by atoms with Crippen molar-refractivity contribution in [2.75, 3.05) is 6.54 Å². The molecule has 0 aromatic heterocycles. The fraction of sp³-hybridized carbons (Fsp3) is 0.455. The minimum atomic E-state index is -2.92. The third-order valence-electron chi connectivity index (χ3n) is 3.08. The van der Waals surface area contributed by atoms with Gasteiger partial charge in [0.2, 0.25) is 0 Å². The first-order valence-electron chi connectivity index (χ1n) is 5.04. The summed E-state index contributed by atoms with van der Waals surface area (Å²) >= 11 is 0. The van der Waals surface area contributed by atoms with Crippen molar-refractivity contribution in [3.63, 3.8) is 0 Å². The lowest BCUT2D eigenvalue weighted by Gasteiger charge is -2.14. The quantitative estimate of drug-likeness (QED) is 0.832. The molecule has 2 nitrogen and oxygen atoms in total. The molecule has 1 saturated carbocycles. The molecule has 6 heteroatoms.